The molecule has 0 N–H and O–H groups in total. The fourth-order valence-electron chi connectivity index (χ4n) is 2.94. The van der Waals surface area contributed by atoms with Crippen LogP contribution in [0.4, 0.5) is 0 Å². The van der Waals surface area contributed by atoms with Crippen LogP contribution >= 0.6 is 0 Å². The van der Waals surface area contributed by atoms with Gasteiger partial charge in [0.2, 0.25) is 0 Å². The van der Waals surface area contributed by atoms with Crippen LogP contribution in [0.25, 0.3) is 0 Å². The smallest absolute Gasteiger partial charge is 0.338 e. The van der Waals surface area contributed by atoms with Crippen LogP contribution in [-0.4, -0.2) is 44.6 Å². The lowest BCUT2D eigenvalue weighted by molar-refractivity contribution is -0.132. The van der Waals surface area contributed by atoms with Gasteiger partial charge in [-0.3, -0.25) is 4.79 Å². The maximum absolute atomic E-state index is 12.4. The van der Waals surface area contributed by atoms with E-state index in [0.717, 1.165) is 37.6 Å². The summed E-state index contributed by atoms with van der Waals surface area (Å²) in [5, 5.41) is 0. The number of carbonyl (C=O) groups is 2. The molecule has 1 aromatic rings. The van der Waals surface area contributed by atoms with E-state index in [1.807, 2.05) is 6.92 Å². The molecule has 0 fully saturated rings. The van der Waals surface area contributed by atoms with Crippen LogP contribution in [0, 0.1) is 6.92 Å². The molecule has 0 spiro atoms. The van der Waals surface area contributed by atoms with Gasteiger partial charge in [-0.15, -0.1) is 0 Å². The lowest BCUT2D eigenvalue weighted by Gasteiger charge is -2.26. The first-order valence-corrected chi connectivity index (χ1v) is 10.6. The zero-order chi connectivity index (χ0) is 19.3. The Labute approximate surface area is 154 Å². The Balaban J connectivity index is 2.08. The fourth-order valence-corrected chi connectivity index (χ4v) is 3.59. The van der Waals surface area contributed by atoms with Gasteiger partial charge in [0.05, 0.1) is 10.5 Å². The molecule has 7 heteroatoms. The largest absolute Gasteiger partial charge is 0.452 e. The summed E-state index contributed by atoms with van der Waals surface area (Å²) in [6.45, 7) is 3.72. The van der Waals surface area contributed by atoms with E-state index >= 15 is 0 Å². The third-order valence-electron chi connectivity index (χ3n) is 4.41. The van der Waals surface area contributed by atoms with E-state index in [2.05, 4.69) is 6.08 Å². The highest BCUT2D eigenvalue weighted by molar-refractivity contribution is 7.90. The molecular weight excluding hydrogens is 354 g/mol. The quantitative estimate of drug-likeness (QED) is 0.710. The van der Waals surface area contributed by atoms with E-state index in [0.29, 0.717) is 12.1 Å². The molecule has 1 aromatic carbocycles. The molecule has 6 nitrogen and oxygen atoms in total. The van der Waals surface area contributed by atoms with Crippen molar-refractivity contribution in [3.8, 4) is 0 Å². The lowest BCUT2D eigenvalue weighted by Crippen LogP contribution is -2.34. The standard InChI is InChI=1S/C19H25NO5S/c1-4-20(15-8-6-5-7-9-15)18(21)13-25-19(22)17-12-16(26(3,23)24)11-10-14(17)2/h8,10-12H,4-7,9,13H2,1-3H3. The summed E-state index contributed by atoms with van der Waals surface area (Å²) in [4.78, 5) is 26.5. The summed E-state index contributed by atoms with van der Waals surface area (Å²) < 4.78 is 28.5. The molecule has 0 atom stereocenters. The van der Waals surface area contributed by atoms with Gasteiger partial charge in [-0.1, -0.05) is 12.1 Å². The lowest BCUT2D eigenvalue weighted by atomic mass is 10.0. The van der Waals surface area contributed by atoms with Crippen molar-refractivity contribution in [1.82, 2.24) is 4.90 Å². The number of allylic oxidation sites excluding steroid dienone is 2. The van der Waals surface area contributed by atoms with Crippen LogP contribution in [0.5, 0.6) is 0 Å². The molecule has 1 aliphatic carbocycles. The summed E-state index contributed by atoms with van der Waals surface area (Å²) in [5.41, 5.74) is 1.73. The number of hydrogen-bond acceptors (Lipinski definition) is 5. The highest BCUT2D eigenvalue weighted by Crippen LogP contribution is 2.21. The monoisotopic (exact) mass is 379 g/mol. The van der Waals surface area contributed by atoms with Gasteiger partial charge in [0.15, 0.2) is 16.4 Å². The average molecular weight is 379 g/mol. The molecule has 0 unspecified atom stereocenters. The summed E-state index contributed by atoms with van der Waals surface area (Å²) >= 11 is 0. The number of amides is 1. The van der Waals surface area contributed by atoms with E-state index in [9.17, 15) is 18.0 Å². The number of benzene rings is 1. The zero-order valence-electron chi connectivity index (χ0n) is 15.4. The van der Waals surface area contributed by atoms with Crippen LogP contribution in [0.15, 0.2) is 34.9 Å². The number of carbonyl (C=O) groups excluding carboxylic acids is 2. The van der Waals surface area contributed by atoms with Crippen molar-refractivity contribution in [1.29, 1.82) is 0 Å². The molecule has 0 aliphatic heterocycles. The SMILES string of the molecule is CCN(C(=O)COC(=O)c1cc(S(C)(=O)=O)ccc1C)C1=CCCCC1. The van der Waals surface area contributed by atoms with Crippen molar-refractivity contribution in [2.45, 2.75) is 44.4 Å². The van der Waals surface area contributed by atoms with Gasteiger partial charge in [0, 0.05) is 18.5 Å². The minimum atomic E-state index is -3.43. The van der Waals surface area contributed by atoms with Crippen molar-refractivity contribution in [3.05, 3.63) is 41.1 Å². The average Bonchev–Trinajstić information content (AvgIpc) is 2.60. The molecule has 0 heterocycles. The molecule has 0 bridgehead atoms. The van der Waals surface area contributed by atoms with E-state index in [1.165, 1.54) is 12.1 Å². The summed E-state index contributed by atoms with van der Waals surface area (Å²) in [6.07, 6.45) is 7.12. The first-order valence-electron chi connectivity index (χ1n) is 8.71. The van der Waals surface area contributed by atoms with Crippen LogP contribution in [0.3, 0.4) is 0 Å². The van der Waals surface area contributed by atoms with Crippen molar-refractivity contribution in [2.75, 3.05) is 19.4 Å². The Morgan fingerprint density at radius 3 is 2.54 bits per heavy atom. The van der Waals surface area contributed by atoms with E-state index in [1.54, 1.807) is 17.9 Å². The molecule has 0 aromatic heterocycles. The second-order valence-electron chi connectivity index (χ2n) is 6.40. The van der Waals surface area contributed by atoms with Gasteiger partial charge in [-0.25, -0.2) is 13.2 Å². The number of aryl methyl sites for hydroxylation is 1. The van der Waals surface area contributed by atoms with Gasteiger partial charge in [0.25, 0.3) is 5.91 Å². The topological polar surface area (TPSA) is 80.8 Å². The summed E-state index contributed by atoms with van der Waals surface area (Å²) in [5.74, 6) is -0.971. The second-order valence-corrected chi connectivity index (χ2v) is 8.42. The third kappa shape index (κ3) is 4.94. The van der Waals surface area contributed by atoms with Crippen LogP contribution < -0.4 is 0 Å². The Morgan fingerprint density at radius 2 is 1.96 bits per heavy atom. The first-order chi connectivity index (χ1) is 12.2. The molecule has 26 heavy (non-hydrogen) atoms. The maximum Gasteiger partial charge on any atom is 0.338 e. The summed E-state index contributed by atoms with van der Waals surface area (Å²) in [7, 11) is -3.43. The number of sulfone groups is 1. The van der Waals surface area contributed by atoms with Gasteiger partial charge in [0.1, 0.15) is 0 Å². The number of rotatable bonds is 6. The van der Waals surface area contributed by atoms with Crippen molar-refractivity contribution < 1.29 is 22.7 Å². The van der Waals surface area contributed by atoms with Crippen LogP contribution in [0.2, 0.25) is 0 Å². The van der Waals surface area contributed by atoms with Crippen LogP contribution in [-0.2, 0) is 19.4 Å². The Hall–Kier alpha value is -2.15. The Morgan fingerprint density at radius 1 is 1.23 bits per heavy atom. The zero-order valence-corrected chi connectivity index (χ0v) is 16.3. The second kappa shape index (κ2) is 8.49. The van der Waals surface area contributed by atoms with E-state index in [-0.39, 0.29) is 23.0 Å². The molecule has 0 saturated carbocycles. The molecule has 1 aliphatic rings. The molecule has 142 valence electrons. The fraction of sp³-hybridized carbons (Fsp3) is 0.474. The maximum atomic E-state index is 12.4. The normalized spacial score (nSPS) is 14.5. The number of esters is 1. The van der Waals surface area contributed by atoms with Crippen LogP contribution in [0.1, 0.15) is 48.5 Å². The minimum Gasteiger partial charge on any atom is -0.452 e. The minimum absolute atomic E-state index is 0.0453. The van der Waals surface area contributed by atoms with E-state index < -0.39 is 15.8 Å². The van der Waals surface area contributed by atoms with E-state index in [4.69, 9.17) is 4.74 Å². The van der Waals surface area contributed by atoms with Gasteiger partial charge >= 0.3 is 5.97 Å². The molecule has 1 amide bonds. The Bertz CT molecular complexity index is 826. The summed E-state index contributed by atoms with van der Waals surface area (Å²) in [6, 6.07) is 4.29. The number of ether oxygens (including phenoxy) is 1. The van der Waals surface area contributed by atoms with Gasteiger partial charge in [-0.05, 0) is 57.2 Å². The highest BCUT2D eigenvalue weighted by atomic mass is 32.2. The van der Waals surface area contributed by atoms with Gasteiger partial charge < -0.3 is 9.64 Å². The highest BCUT2D eigenvalue weighted by Gasteiger charge is 2.21. The third-order valence-corrected chi connectivity index (χ3v) is 5.53. The van der Waals surface area contributed by atoms with Gasteiger partial charge in [-0.2, -0.15) is 0 Å². The molecule has 0 saturated heterocycles. The molecule has 0 radical (unpaired) electrons. The molecular formula is C19H25NO5S. The number of hydrogen-bond donors (Lipinski definition) is 0. The first kappa shape index (κ1) is 20.2. The predicted octanol–water partition coefficient (Wildman–Crippen LogP) is 2.86. The Kier molecular flexibility index (Phi) is 6.58. The van der Waals surface area contributed by atoms with Crippen molar-refractivity contribution >= 4 is 21.7 Å². The number of likely N-dealkylation sites (N-methyl/N-ethyl adjacent to an activating group) is 1. The molecule has 2 rings (SSSR count). The number of nitrogens with zero attached hydrogens (tertiary/aromatic N) is 1. The van der Waals surface area contributed by atoms with Crippen molar-refractivity contribution in [2.24, 2.45) is 0 Å². The van der Waals surface area contributed by atoms with Crippen molar-refractivity contribution in [3.63, 3.8) is 0 Å². The predicted molar refractivity (Wildman–Crippen MR) is 98.5 cm³/mol.